The Kier molecular flexibility index (Phi) is 6.76. The van der Waals surface area contributed by atoms with Crippen LogP contribution in [-0.4, -0.2) is 25.2 Å². The molecule has 1 unspecified atom stereocenters. The molecule has 0 saturated heterocycles. The van der Waals surface area contributed by atoms with Crippen LogP contribution in [0.1, 0.15) is 52.9 Å². The third kappa shape index (κ3) is 3.41. The fourth-order valence-electron chi connectivity index (χ4n) is 2.91. The van der Waals surface area contributed by atoms with Crippen LogP contribution in [0.4, 0.5) is 0 Å². The first-order valence-electron chi connectivity index (χ1n) is 7.64. The van der Waals surface area contributed by atoms with Gasteiger partial charge in [0.25, 0.3) is 0 Å². The van der Waals surface area contributed by atoms with Gasteiger partial charge in [0.1, 0.15) is 0 Å². The van der Waals surface area contributed by atoms with Crippen LogP contribution in [0, 0.1) is 11.3 Å². The van der Waals surface area contributed by atoms with Gasteiger partial charge in [0.05, 0.1) is 13.2 Å². The van der Waals surface area contributed by atoms with Crippen LogP contribution in [0.2, 0.25) is 0 Å². The van der Waals surface area contributed by atoms with Crippen molar-refractivity contribution in [3.05, 3.63) is 12.2 Å². The molecule has 0 aromatic carbocycles. The normalized spacial score (nSPS) is 18.6. The highest BCUT2D eigenvalue weighted by Gasteiger charge is 2.53. The van der Waals surface area contributed by atoms with E-state index >= 15 is 0 Å². The van der Waals surface area contributed by atoms with E-state index in [1.807, 2.05) is 13.0 Å². The van der Waals surface area contributed by atoms with Crippen LogP contribution in [-0.2, 0) is 19.1 Å². The quantitative estimate of drug-likeness (QED) is 0.408. The maximum atomic E-state index is 12.5. The number of rotatable bonds is 7. The van der Waals surface area contributed by atoms with Gasteiger partial charge >= 0.3 is 11.9 Å². The average molecular weight is 282 g/mol. The predicted octanol–water partition coefficient (Wildman–Crippen LogP) is 3.26. The largest absolute Gasteiger partial charge is 0.465 e. The van der Waals surface area contributed by atoms with Gasteiger partial charge in [0.2, 0.25) is 0 Å². The Bertz CT molecular complexity index is 341. The second kappa shape index (κ2) is 8.08. The molecular formula is C16H26O4. The second-order valence-corrected chi connectivity index (χ2v) is 5.13. The summed E-state index contributed by atoms with van der Waals surface area (Å²) >= 11 is 0. The molecule has 1 aliphatic rings. The number of carbonyl (C=O) groups excluding carboxylic acids is 2. The molecule has 1 atom stereocenters. The standard InChI is InChI=1S/C16H26O4/c1-4-12-16(14(17)19-5-2,15(18)20-6-3)13-10-8-7-9-11-13/h8,10,13H,4-7,9,11-12H2,1-3H3. The highest BCUT2D eigenvalue weighted by Crippen LogP contribution is 2.41. The van der Waals surface area contributed by atoms with Crippen molar-refractivity contribution in [3.63, 3.8) is 0 Å². The molecule has 0 amide bonds. The van der Waals surface area contributed by atoms with Crippen LogP contribution < -0.4 is 0 Å². The summed E-state index contributed by atoms with van der Waals surface area (Å²) in [6.07, 6.45) is 8.08. The maximum absolute atomic E-state index is 12.5. The van der Waals surface area contributed by atoms with E-state index < -0.39 is 17.4 Å². The summed E-state index contributed by atoms with van der Waals surface area (Å²) in [5, 5.41) is 0. The van der Waals surface area contributed by atoms with Gasteiger partial charge in [-0.25, -0.2) is 0 Å². The monoisotopic (exact) mass is 282 g/mol. The van der Waals surface area contributed by atoms with Crippen molar-refractivity contribution in [1.29, 1.82) is 0 Å². The van der Waals surface area contributed by atoms with Crippen molar-refractivity contribution >= 4 is 11.9 Å². The molecule has 20 heavy (non-hydrogen) atoms. The molecule has 1 aliphatic carbocycles. The van der Waals surface area contributed by atoms with Gasteiger partial charge in [-0.05, 0) is 39.5 Å². The van der Waals surface area contributed by atoms with E-state index in [9.17, 15) is 9.59 Å². The van der Waals surface area contributed by atoms with Gasteiger partial charge in [-0.3, -0.25) is 9.59 Å². The molecule has 0 aromatic rings. The third-order valence-corrected chi connectivity index (χ3v) is 3.81. The predicted molar refractivity (Wildman–Crippen MR) is 77.1 cm³/mol. The average Bonchev–Trinajstić information content (AvgIpc) is 2.46. The summed E-state index contributed by atoms with van der Waals surface area (Å²) in [6.45, 7) is 6.05. The zero-order valence-electron chi connectivity index (χ0n) is 12.8. The Balaban J connectivity index is 3.17. The minimum Gasteiger partial charge on any atom is -0.465 e. The van der Waals surface area contributed by atoms with Crippen molar-refractivity contribution < 1.29 is 19.1 Å². The number of carbonyl (C=O) groups is 2. The Morgan fingerprint density at radius 3 is 2.15 bits per heavy atom. The maximum Gasteiger partial charge on any atom is 0.324 e. The summed E-state index contributed by atoms with van der Waals surface area (Å²) in [6, 6.07) is 0. The zero-order valence-corrected chi connectivity index (χ0v) is 12.8. The van der Waals surface area contributed by atoms with Gasteiger partial charge in [0.15, 0.2) is 5.41 Å². The third-order valence-electron chi connectivity index (χ3n) is 3.81. The lowest BCUT2D eigenvalue weighted by Gasteiger charge is -2.36. The van der Waals surface area contributed by atoms with Gasteiger partial charge in [-0.15, -0.1) is 0 Å². The van der Waals surface area contributed by atoms with Crippen molar-refractivity contribution in [2.45, 2.75) is 52.9 Å². The Morgan fingerprint density at radius 1 is 1.15 bits per heavy atom. The van der Waals surface area contributed by atoms with Gasteiger partial charge in [0, 0.05) is 5.92 Å². The van der Waals surface area contributed by atoms with Crippen molar-refractivity contribution in [3.8, 4) is 0 Å². The first kappa shape index (κ1) is 16.7. The van der Waals surface area contributed by atoms with Crippen molar-refractivity contribution in [2.75, 3.05) is 13.2 Å². The second-order valence-electron chi connectivity index (χ2n) is 5.13. The molecule has 0 aliphatic heterocycles. The molecule has 1 rings (SSSR count). The number of allylic oxidation sites excluding steroid dienone is 2. The Morgan fingerprint density at radius 2 is 1.75 bits per heavy atom. The first-order valence-corrected chi connectivity index (χ1v) is 7.64. The lowest BCUT2D eigenvalue weighted by Crippen LogP contribution is -2.47. The molecule has 0 radical (unpaired) electrons. The van der Waals surface area contributed by atoms with E-state index in [4.69, 9.17) is 9.47 Å². The number of ether oxygens (including phenoxy) is 2. The molecule has 0 heterocycles. The smallest absolute Gasteiger partial charge is 0.324 e. The SMILES string of the molecule is CCCC(C(=O)OCC)(C(=O)OCC)C1C=CCCC1. The Hall–Kier alpha value is -1.32. The molecule has 4 heteroatoms. The van der Waals surface area contributed by atoms with Gasteiger partial charge < -0.3 is 9.47 Å². The van der Waals surface area contributed by atoms with E-state index in [1.165, 1.54) is 0 Å². The Labute approximate surface area is 121 Å². The molecule has 0 saturated carbocycles. The fraction of sp³-hybridized carbons (Fsp3) is 0.750. The number of hydrogen-bond donors (Lipinski definition) is 0. The minimum absolute atomic E-state index is 0.116. The van der Waals surface area contributed by atoms with Crippen LogP contribution in [0.5, 0.6) is 0 Å². The van der Waals surface area contributed by atoms with Crippen LogP contribution in [0.25, 0.3) is 0 Å². The van der Waals surface area contributed by atoms with Gasteiger partial charge in [-0.1, -0.05) is 25.5 Å². The van der Waals surface area contributed by atoms with E-state index in [0.29, 0.717) is 6.42 Å². The van der Waals surface area contributed by atoms with Crippen LogP contribution in [0.15, 0.2) is 12.2 Å². The van der Waals surface area contributed by atoms with E-state index in [1.54, 1.807) is 13.8 Å². The lowest BCUT2D eigenvalue weighted by molar-refractivity contribution is -0.176. The zero-order chi connectivity index (χ0) is 15.0. The summed E-state index contributed by atoms with van der Waals surface area (Å²) in [4.78, 5) is 25.0. The molecule has 4 nitrogen and oxygen atoms in total. The van der Waals surface area contributed by atoms with Crippen molar-refractivity contribution in [1.82, 2.24) is 0 Å². The minimum atomic E-state index is -1.17. The molecule has 0 N–H and O–H groups in total. The molecule has 0 fully saturated rings. The number of hydrogen-bond acceptors (Lipinski definition) is 4. The van der Waals surface area contributed by atoms with Crippen LogP contribution in [0.3, 0.4) is 0 Å². The van der Waals surface area contributed by atoms with Crippen molar-refractivity contribution in [2.24, 2.45) is 11.3 Å². The van der Waals surface area contributed by atoms with E-state index in [2.05, 4.69) is 6.08 Å². The van der Waals surface area contributed by atoms with E-state index in [-0.39, 0.29) is 19.1 Å². The summed E-state index contributed by atoms with van der Waals surface area (Å²) in [5.74, 6) is -0.983. The number of esters is 2. The fourth-order valence-corrected chi connectivity index (χ4v) is 2.91. The molecule has 114 valence electrons. The first-order chi connectivity index (χ1) is 9.63. The molecule has 0 bridgehead atoms. The highest BCUT2D eigenvalue weighted by atomic mass is 16.6. The summed E-state index contributed by atoms with van der Waals surface area (Å²) < 4.78 is 10.4. The summed E-state index contributed by atoms with van der Waals surface area (Å²) in [7, 11) is 0. The van der Waals surface area contributed by atoms with Gasteiger partial charge in [-0.2, -0.15) is 0 Å². The lowest BCUT2D eigenvalue weighted by atomic mass is 9.68. The highest BCUT2D eigenvalue weighted by molar-refractivity contribution is 6.00. The molecular weight excluding hydrogens is 256 g/mol. The topological polar surface area (TPSA) is 52.6 Å². The molecule has 0 aromatic heterocycles. The molecule has 0 spiro atoms. The van der Waals surface area contributed by atoms with E-state index in [0.717, 1.165) is 25.7 Å². The summed E-state index contributed by atoms with van der Waals surface area (Å²) in [5.41, 5.74) is -1.17. The van der Waals surface area contributed by atoms with Crippen LogP contribution >= 0.6 is 0 Å².